The van der Waals surface area contributed by atoms with Gasteiger partial charge in [-0.05, 0) is 24.3 Å². The van der Waals surface area contributed by atoms with E-state index in [1.807, 2.05) is 24.3 Å². The summed E-state index contributed by atoms with van der Waals surface area (Å²) in [5, 5.41) is 7.81. The molecule has 2 aliphatic heterocycles. The van der Waals surface area contributed by atoms with Crippen molar-refractivity contribution in [2.24, 2.45) is 5.14 Å². The molecule has 0 saturated carbocycles. The van der Waals surface area contributed by atoms with Crippen LogP contribution in [0.5, 0.6) is 0 Å². The SMILES string of the molecule is NS(=O)(=O)N1CCN(c2ccc(N3CC(CNC(=O)CS)OC3=O)cc2)CC1. The van der Waals surface area contributed by atoms with Gasteiger partial charge in [-0.15, -0.1) is 0 Å². The van der Waals surface area contributed by atoms with Gasteiger partial charge in [0.2, 0.25) is 5.91 Å². The summed E-state index contributed by atoms with van der Waals surface area (Å²) in [4.78, 5) is 27.0. The van der Waals surface area contributed by atoms with Gasteiger partial charge in [-0.3, -0.25) is 9.69 Å². The Morgan fingerprint density at radius 3 is 2.36 bits per heavy atom. The molecule has 28 heavy (non-hydrogen) atoms. The van der Waals surface area contributed by atoms with E-state index in [1.54, 1.807) is 0 Å². The van der Waals surface area contributed by atoms with Gasteiger partial charge in [-0.25, -0.2) is 9.93 Å². The van der Waals surface area contributed by atoms with Gasteiger partial charge < -0.3 is 15.0 Å². The average molecular weight is 430 g/mol. The van der Waals surface area contributed by atoms with Crippen LogP contribution in [0, 0.1) is 0 Å². The fraction of sp³-hybridized carbons (Fsp3) is 0.500. The second-order valence-electron chi connectivity index (χ2n) is 6.53. The molecule has 0 aliphatic carbocycles. The number of nitrogens with zero attached hydrogens (tertiary/aromatic N) is 3. The number of piperazine rings is 1. The van der Waals surface area contributed by atoms with Crippen LogP contribution in [0.25, 0.3) is 0 Å². The minimum Gasteiger partial charge on any atom is -0.442 e. The lowest BCUT2D eigenvalue weighted by Crippen LogP contribution is -2.50. The van der Waals surface area contributed by atoms with Crippen molar-refractivity contribution in [1.29, 1.82) is 0 Å². The summed E-state index contributed by atoms with van der Waals surface area (Å²) in [6.07, 6.45) is -0.873. The quantitative estimate of drug-likeness (QED) is 0.518. The van der Waals surface area contributed by atoms with Crippen LogP contribution in [0.15, 0.2) is 24.3 Å². The van der Waals surface area contributed by atoms with Gasteiger partial charge in [0.15, 0.2) is 0 Å². The summed E-state index contributed by atoms with van der Waals surface area (Å²) in [6.45, 7) is 2.33. The number of benzene rings is 1. The Morgan fingerprint density at radius 2 is 1.79 bits per heavy atom. The number of cyclic esters (lactones) is 1. The molecular weight excluding hydrogens is 406 g/mol. The number of amides is 2. The second-order valence-corrected chi connectivity index (χ2v) is 8.39. The maximum Gasteiger partial charge on any atom is 0.414 e. The van der Waals surface area contributed by atoms with Gasteiger partial charge in [0.25, 0.3) is 10.2 Å². The van der Waals surface area contributed by atoms with Crippen LogP contribution in [0.3, 0.4) is 0 Å². The van der Waals surface area contributed by atoms with Crippen LogP contribution < -0.4 is 20.3 Å². The predicted molar refractivity (Wildman–Crippen MR) is 108 cm³/mol. The molecule has 3 N–H and O–H groups in total. The lowest BCUT2D eigenvalue weighted by atomic mass is 10.2. The topological polar surface area (TPSA) is 125 Å². The molecule has 154 valence electrons. The highest BCUT2D eigenvalue weighted by Crippen LogP contribution is 2.25. The number of hydrogen-bond acceptors (Lipinski definition) is 7. The molecule has 0 bridgehead atoms. The summed E-state index contributed by atoms with van der Waals surface area (Å²) in [6, 6.07) is 7.39. The van der Waals surface area contributed by atoms with E-state index in [1.165, 1.54) is 9.21 Å². The smallest absolute Gasteiger partial charge is 0.414 e. The molecular formula is C16H23N5O5S2. The normalized spacial score (nSPS) is 20.9. The van der Waals surface area contributed by atoms with Gasteiger partial charge in [0.1, 0.15) is 6.10 Å². The van der Waals surface area contributed by atoms with Crippen LogP contribution in [0.2, 0.25) is 0 Å². The fourth-order valence-electron chi connectivity index (χ4n) is 3.17. The Hall–Kier alpha value is -2.02. The molecule has 0 aromatic heterocycles. The summed E-state index contributed by atoms with van der Waals surface area (Å²) in [5.74, 6) is -0.137. The second kappa shape index (κ2) is 8.55. The average Bonchev–Trinajstić information content (AvgIpc) is 3.06. The molecule has 2 amide bonds. The van der Waals surface area contributed by atoms with Crippen molar-refractivity contribution in [3.05, 3.63) is 24.3 Å². The summed E-state index contributed by atoms with van der Waals surface area (Å²) in [7, 11) is -3.65. The van der Waals surface area contributed by atoms with Crippen molar-refractivity contribution < 1.29 is 22.7 Å². The molecule has 2 aliphatic rings. The van der Waals surface area contributed by atoms with E-state index in [0.717, 1.165) is 5.69 Å². The van der Waals surface area contributed by atoms with Crippen molar-refractivity contribution in [3.8, 4) is 0 Å². The number of nitrogens with two attached hydrogens (primary N) is 1. The first-order valence-electron chi connectivity index (χ1n) is 8.76. The third-order valence-electron chi connectivity index (χ3n) is 4.67. The van der Waals surface area contributed by atoms with Crippen molar-refractivity contribution in [2.75, 3.05) is 54.8 Å². The first kappa shape index (κ1) is 20.7. The zero-order valence-corrected chi connectivity index (χ0v) is 16.9. The van der Waals surface area contributed by atoms with Crippen LogP contribution in [0.1, 0.15) is 0 Å². The van der Waals surface area contributed by atoms with E-state index in [-0.39, 0.29) is 18.2 Å². The monoisotopic (exact) mass is 429 g/mol. The maximum atomic E-state index is 12.1. The highest BCUT2D eigenvalue weighted by Gasteiger charge is 2.32. The van der Waals surface area contributed by atoms with Crippen molar-refractivity contribution in [2.45, 2.75) is 6.10 Å². The van der Waals surface area contributed by atoms with E-state index in [0.29, 0.717) is 38.4 Å². The molecule has 0 radical (unpaired) electrons. The minimum absolute atomic E-state index is 0.0807. The number of anilines is 2. The molecule has 1 atom stereocenters. The van der Waals surface area contributed by atoms with Crippen molar-refractivity contribution in [3.63, 3.8) is 0 Å². The zero-order valence-electron chi connectivity index (χ0n) is 15.2. The molecule has 3 rings (SSSR count). The molecule has 2 saturated heterocycles. The summed E-state index contributed by atoms with van der Waals surface area (Å²) < 4.78 is 29.3. The lowest BCUT2D eigenvalue weighted by Gasteiger charge is -2.34. The van der Waals surface area contributed by atoms with E-state index in [2.05, 4.69) is 22.8 Å². The highest BCUT2D eigenvalue weighted by molar-refractivity contribution is 7.86. The maximum absolute atomic E-state index is 12.1. The van der Waals surface area contributed by atoms with Gasteiger partial charge in [-0.1, -0.05) is 0 Å². The third kappa shape index (κ3) is 4.87. The van der Waals surface area contributed by atoms with Gasteiger partial charge in [0.05, 0.1) is 18.8 Å². The lowest BCUT2D eigenvalue weighted by molar-refractivity contribution is -0.118. The number of carbonyl (C=O) groups excluding carboxylic acids is 2. The number of nitrogens with one attached hydrogen (secondary N) is 1. The largest absolute Gasteiger partial charge is 0.442 e. The molecule has 1 unspecified atom stereocenters. The third-order valence-corrected chi connectivity index (χ3v) is 6.04. The van der Waals surface area contributed by atoms with Gasteiger partial charge in [-0.2, -0.15) is 25.4 Å². The predicted octanol–water partition coefficient (Wildman–Crippen LogP) is -0.617. The van der Waals surface area contributed by atoms with Crippen molar-refractivity contribution >= 4 is 46.2 Å². The molecule has 1 aromatic rings. The van der Waals surface area contributed by atoms with Crippen LogP contribution in [0.4, 0.5) is 16.2 Å². The Balaban J connectivity index is 1.57. The Morgan fingerprint density at radius 1 is 1.18 bits per heavy atom. The van der Waals surface area contributed by atoms with Crippen LogP contribution in [-0.4, -0.2) is 75.8 Å². The molecule has 10 nitrogen and oxygen atoms in total. The van der Waals surface area contributed by atoms with Crippen LogP contribution >= 0.6 is 12.6 Å². The van der Waals surface area contributed by atoms with Crippen LogP contribution in [-0.2, 0) is 19.7 Å². The molecule has 1 aromatic carbocycles. The number of ether oxygens (including phenoxy) is 1. The standard InChI is InChI=1S/C16H23N5O5S2/c17-28(24,25)20-7-5-19(6-8-20)12-1-3-13(4-2-12)21-10-14(26-16(21)23)9-18-15(22)11-27/h1-4,14,27H,5-11H2,(H,18,22)(H2,17,24,25). The Kier molecular flexibility index (Phi) is 6.33. The summed E-state index contributed by atoms with van der Waals surface area (Å²) in [5.41, 5.74) is 1.63. The molecule has 12 heteroatoms. The number of hydrogen-bond donors (Lipinski definition) is 3. The Labute approximate surface area is 169 Å². The highest BCUT2D eigenvalue weighted by atomic mass is 32.2. The number of carbonyl (C=O) groups is 2. The number of rotatable bonds is 6. The first-order valence-corrected chi connectivity index (χ1v) is 10.9. The first-order chi connectivity index (χ1) is 13.3. The Bertz CT molecular complexity index is 824. The number of thiol groups is 1. The molecule has 2 heterocycles. The minimum atomic E-state index is -3.65. The van der Waals surface area contributed by atoms with Gasteiger partial charge >= 0.3 is 6.09 Å². The zero-order chi connectivity index (χ0) is 20.3. The van der Waals surface area contributed by atoms with Crippen molar-refractivity contribution in [1.82, 2.24) is 9.62 Å². The van der Waals surface area contributed by atoms with Gasteiger partial charge in [0, 0.05) is 37.6 Å². The van der Waals surface area contributed by atoms with E-state index >= 15 is 0 Å². The molecule has 2 fully saturated rings. The fourth-order valence-corrected chi connectivity index (χ4v) is 3.95. The van der Waals surface area contributed by atoms with E-state index in [4.69, 9.17) is 9.88 Å². The molecule has 0 spiro atoms. The van der Waals surface area contributed by atoms with E-state index < -0.39 is 22.4 Å². The summed E-state index contributed by atoms with van der Waals surface area (Å²) >= 11 is 3.88. The van der Waals surface area contributed by atoms with E-state index in [9.17, 15) is 18.0 Å².